The van der Waals surface area contributed by atoms with Crippen LogP contribution in [0, 0.1) is 5.92 Å². The number of nitrogens with one attached hydrogen (secondary N) is 1. The Labute approximate surface area is 258 Å². The number of carbonyl (C=O) groups is 2. The van der Waals surface area contributed by atoms with Crippen LogP contribution in [0.1, 0.15) is 70.1 Å². The van der Waals surface area contributed by atoms with Crippen LogP contribution in [-0.4, -0.2) is 58.6 Å². The number of hydrogen-bond acceptors (Lipinski definition) is 8. The quantitative estimate of drug-likeness (QED) is 0.191. The maximum Gasteiger partial charge on any atom is 0.328 e. The Hall–Kier alpha value is -3.72. The number of fused-ring (bicyclic) bond motifs is 1. The summed E-state index contributed by atoms with van der Waals surface area (Å²) in [6.45, 7) is 12.3. The number of methoxy groups -OCH3 is 1. The maximum atomic E-state index is 14.4. The van der Waals surface area contributed by atoms with Crippen molar-refractivity contribution in [3.8, 4) is 5.88 Å². The number of likely N-dealkylation sites (tertiary alicyclic amines) is 1. The number of rotatable bonds is 11. The molecule has 2 aliphatic rings. The van der Waals surface area contributed by atoms with Gasteiger partial charge in [-0.1, -0.05) is 64.0 Å². The van der Waals surface area contributed by atoms with Crippen LogP contribution in [0.15, 0.2) is 55.1 Å². The molecule has 2 fully saturated rings. The lowest BCUT2D eigenvalue weighted by molar-refractivity contribution is -0.151. The Bertz CT molecular complexity index is 1480. The summed E-state index contributed by atoms with van der Waals surface area (Å²) in [5.74, 6) is 0.0633. The average Bonchev–Trinajstić information content (AvgIpc) is 3.68. The first-order valence-electron chi connectivity index (χ1n) is 15.1. The summed E-state index contributed by atoms with van der Waals surface area (Å²) in [5, 5.41) is 8.14. The van der Waals surface area contributed by atoms with Crippen molar-refractivity contribution in [3.05, 3.63) is 66.3 Å². The van der Waals surface area contributed by atoms with Gasteiger partial charge in [0, 0.05) is 28.8 Å². The molecule has 9 heteroatoms. The predicted molar refractivity (Wildman–Crippen MR) is 172 cm³/mol. The van der Waals surface area contributed by atoms with E-state index in [1.165, 1.54) is 24.9 Å². The van der Waals surface area contributed by atoms with Gasteiger partial charge in [-0.15, -0.1) is 17.9 Å². The molecule has 0 bridgehead atoms. The molecule has 1 aromatic carbocycles. The summed E-state index contributed by atoms with van der Waals surface area (Å²) in [6.07, 6.45) is 11.3. The number of amides is 1. The normalized spacial score (nSPS) is 20.0. The van der Waals surface area contributed by atoms with E-state index in [-0.39, 0.29) is 23.8 Å². The lowest BCUT2D eigenvalue weighted by atomic mass is 9.83. The summed E-state index contributed by atoms with van der Waals surface area (Å²) < 4.78 is 11.6. The maximum absolute atomic E-state index is 14.4. The molecule has 43 heavy (non-hydrogen) atoms. The van der Waals surface area contributed by atoms with Crippen LogP contribution in [0.2, 0.25) is 0 Å². The van der Waals surface area contributed by atoms with Crippen LogP contribution in [0.25, 0.3) is 16.8 Å². The van der Waals surface area contributed by atoms with Gasteiger partial charge in [-0.2, -0.15) is 0 Å². The van der Waals surface area contributed by atoms with Crippen LogP contribution in [-0.2, 0) is 19.7 Å². The molecular formula is C34H42N4O4S. The highest BCUT2D eigenvalue weighted by Gasteiger charge is 2.45. The van der Waals surface area contributed by atoms with E-state index < -0.39 is 24.2 Å². The van der Waals surface area contributed by atoms with E-state index in [4.69, 9.17) is 14.5 Å². The third kappa shape index (κ3) is 6.77. The van der Waals surface area contributed by atoms with Crippen molar-refractivity contribution in [3.63, 3.8) is 0 Å². The molecule has 1 N–H and O–H groups in total. The van der Waals surface area contributed by atoms with Gasteiger partial charge in [-0.3, -0.25) is 4.79 Å². The van der Waals surface area contributed by atoms with Gasteiger partial charge in [0.2, 0.25) is 11.8 Å². The van der Waals surface area contributed by atoms with Gasteiger partial charge in [0.1, 0.15) is 18.2 Å². The molecule has 3 atom stereocenters. The van der Waals surface area contributed by atoms with Crippen molar-refractivity contribution in [1.29, 1.82) is 0 Å². The highest BCUT2D eigenvalue weighted by Crippen LogP contribution is 2.35. The third-order valence-corrected chi connectivity index (χ3v) is 9.58. The first-order valence-corrected chi connectivity index (χ1v) is 16.0. The number of allylic oxidation sites excluding steroid dienone is 1. The van der Waals surface area contributed by atoms with Gasteiger partial charge < -0.3 is 19.7 Å². The number of ether oxygens (including phenoxy) is 2. The summed E-state index contributed by atoms with van der Waals surface area (Å²) in [5.41, 5.74) is 1.78. The van der Waals surface area contributed by atoms with Crippen LogP contribution >= 0.6 is 11.3 Å². The Kier molecular flexibility index (Phi) is 9.49. The lowest BCUT2D eigenvalue weighted by Crippen LogP contribution is -2.51. The van der Waals surface area contributed by atoms with Gasteiger partial charge in [-0.05, 0) is 48.3 Å². The Morgan fingerprint density at radius 3 is 2.72 bits per heavy atom. The molecule has 0 radical (unpaired) electrons. The molecular weight excluding hydrogens is 560 g/mol. The number of aromatic nitrogens is 2. The molecule has 2 aromatic heterocycles. The van der Waals surface area contributed by atoms with Gasteiger partial charge in [0.05, 0.1) is 19.3 Å². The molecule has 1 saturated heterocycles. The number of benzene rings is 1. The van der Waals surface area contributed by atoms with Crippen LogP contribution in [0.5, 0.6) is 5.88 Å². The van der Waals surface area contributed by atoms with Crippen LogP contribution in [0.4, 0.5) is 5.13 Å². The van der Waals surface area contributed by atoms with Crippen molar-refractivity contribution in [2.45, 2.75) is 82.4 Å². The minimum atomic E-state index is -0.743. The number of nitrogens with zero attached hydrogens (tertiary/aromatic N) is 3. The molecule has 0 spiro atoms. The van der Waals surface area contributed by atoms with Crippen molar-refractivity contribution in [1.82, 2.24) is 14.9 Å². The van der Waals surface area contributed by atoms with E-state index >= 15 is 0 Å². The smallest absolute Gasteiger partial charge is 0.328 e. The van der Waals surface area contributed by atoms with Crippen molar-refractivity contribution < 1.29 is 19.1 Å². The molecule has 1 aliphatic carbocycles. The summed E-state index contributed by atoms with van der Waals surface area (Å²) in [4.78, 5) is 38.5. The highest BCUT2D eigenvalue weighted by molar-refractivity contribution is 7.13. The van der Waals surface area contributed by atoms with Crippen molar-refractivity contribution in [2.24, 2.45) is 5.92 Å². The summed E-state index contributed by atoms with van der Waals surface area (Å²) in [7, 11) is 1.36. The van der Waals surface area contributed by atoms with Crippen LogP contribution in [0.3, 0.4) is 0 Å². The van der Waals surface area contributed by atoms with Crippen LogP contribution < -0.4 is 10.1 Å². The summed E-state index contributed by atoms with van der Waals surface area (Å²) in [6, 6.07) is 6.67. The van der Waals surface area contributed by atoms with E-state index in [9.17, 15) is 9.59 Å². The number of carbonyl (C=O) groups excluding carboxylic acids is 2. The second-order valence-corrected chi connectivity index (χ2v) is 13.1. The lowest BCUT2D eigenvalue weighted by Gasteiger charge is -2.34. The standard InChI is InChI=1S/C34H42N4O4S/c1-6-16-34(3,4)28-21-43-33(36-28)37-29(24-11-9-8-10-12-24)31(39)38-20-25(19-27(38)32(40)41-5)42-30-26-18-22(7-2)13-14-23(26)15-17-35-30/h6-7,13-15,17-18,21,24-25,27,29H,1-2,8-12,16,19-20H2,3-5H3,(H,36,37)/t25-,27+,29+/m1/s1. The van der Waals surface area contributed by atoms with Gasteiger partial charge >= 0.3 is 5.97 Å². The Morgan fingerprint density at radius 2 is 2.00 bits per heavy atom. The molecule has 3 heterocycles. The molecule has 0 unspecified atom stereocenters. The fourth-order valence-corrected chi connectivity index (χ4v) is 7.24. The summed E-state index contributed by atoms with van der Waals surface area (Å²) >= 11 is 1.51. The average molecular weight is 603 g/mol. The van der Waals surface area contributed by atoms with E-state index in [1.54, 1.807) is 17.2 Å². The zero-order chi connectivity index (χ0) is 30.6. The molecule has 1 saturated carbocycles. The van der Waals surface area contributed by atoms with E-state index in [0.717, 1.165) is 59.3 Å². The first kappa shape index (κ1) is 30.7. The van der Waals surface area contributed by atoms with E-state index in [0.29, 0.717) is 12.3 Å². The Morgan fingerprint density at radius 1 is 1.21 bits per heavy atom. The minimum Gasteiger partial charge on any atom is -0.472 e. The minimum absolute atomic E-state index is 0.115. The molecule has 3 aromatic rings. The predicted octanol–water partition coefficient (Wildman–Crippen LogP) is 6.77. The fourth-order valence-electron chi connectivity index (χ4n) is 6.30. The number of hydrogen-bond donors (Lipinski definition) is 1. The molecule has 228 valence electrons. The zero-order valence-corrected chi connectivity index (χ0v) is 26.2. The monoisotopic (exact) mass is 602 g/mol. The number of thiazole rings is 1. The number of esters is 1. The molecule has 1 amide bonds. The molecule has 1 aliphatic heterocycles. The van der Waals surface area contributed by atoms with E-state index in [1.807, 2.05) is 30.3 Å². The second-order valence-electron chi connectivity index (χ2n) is 12.2. The zero-order valence-electron chi connectivity index (χ0n) is 25.4. The number of pyridine rings is 1. The SMILES string of the molecule is C=CCC(C)(C)c1csc(N[C@H](C(=O)N2C[C@H](Oc3nccc4ccc(C=C)cc34)C[C@H]2C(=O)OC)C2CCCCC2)n1. The largest absolute Gasteiger partial charge is 0.472 e. The van der Waals surface area contributed by atoms with Gasteiger partial charge in [0.15, 0.2) is 5.13 Å². The third-order valence-electron chi connectivity index (χ3n) is 8.81. The highest BCUT2D eigenvalue weighted by atomic mass is 32.1. The molecule has 8 nitrogen and oxygen atoms in total. The van der Waals surface area contributed by atoms with Crippen molar-refractivity contribution >= 4 is 45.2 Å². The molecule has 5 rings (SSSR count). The number of anilines is 1. The van der Waals surface area contributed by atoms with Crippen molar-refractivity contribution in [2.75, 3.05) is 19.0 Å². The fraction of sp³-hybridized carbons (Fsp3) is 0.471. The van der Waals surface area contributed by atoms with E-state index in [2.05, 4.69) is 42.7 Å². The second kappa shape index (κ2) is 13.3. The first-order chi connectivity index (χ1) is 20.7. The van der Waals surface area contributed by atoms with Gasteiger partial charge in [0.25, 0.3) is 0 Å². The Balaban J connectivity index is 1.41. The van der Waals surface area contributed by atoms with Gasteiger partial charge in [-0.25, -0.2) is 14.8 Å². The topological polar surface area (TPSA) is 93.7 Å².